The van der Waals surface area contributed by atoms with E-state index >= 15 is 0 Å². The van der Waals surface area contributed by atoms with Crippen molar-refractivity contribution in [1.82, 2.24) is 0 Å². The summed E-state index contributed by atoms with van der Waals surface area (Å²) in [6.45, 7) is 4.40. The number of unbranched alkanes of at least 4 members (excludes halogenated alkanes) is 8. The normalized spacial score (nSPS) is 11.6. The third-order valence-corrected chi connectivity index (χ3v) is 6.35. The molecule has 0 atom stereocenters. The van der Waals surface area contributed by atoms with Crippen molar-refractivity contribution in [3.8, 4) is 0 Å². The fourth-order valence-electron chi connectivity index (χ4n) is 3.90. The van der Waals surface area contributed by atoms with Gasteiger partial charge in [0.1, 0.15) is 10.1 Å². The van der Waals surface area contributed by atoms with E-state index in [0.717, 1.165) is 54.0 Å². The van der Waals surface area contributed by atoms with Gasteiger partial charge in [-0.1, -0.05) is 83.4 Å². The smallest absolute Gasteiger partial charge is 0.744 e. The van der Waals surface area contributed by atoms with Crippen molar-refractivity contribution in [2.75, 3.05) is 0 Å². The van der Waals surface area contributed by atoms with Gasteiger partial charge in [0.2, 0.25) is 0 Å². The van der Waals surface area contributed by atoms with Gasteiger partial charge < -0.3 is 4.55 Å². The first kappa shape index (κ1) is 27.3. The van der Waals surface area contributed by atoms with Gasteiger partial charge in [0.05, 0.1) is 4.90 Å². The number of aryl methyl sites for hydroxylation is 2. The van der Waals surface area contributed by atoms with E-state index < -0.39 is 10.1 Å². The molecule has 5 heteroatoms. The molecule has 0 heterocycles. The van der Waals surface area contributed by atoms with Gasteiger partial charge in [-0.15, -0.1) is 0 Å². The summed E-state index contributed by atoms with van der Waals surface area (Å²) in [6.07, 6.45) is 13.6. The van der Waals surface area contributed by atoms with Crippen LogP contribution in [0.4, 0.5) is 0 Å². The minimum absolute atomic E-state index is 0. The molecular formula is C24H35KO3S. The molecule has 0 bridgehead atoms. The van der Waals surface area contributed by atoms with Crippen LogP contribution in [-0.2, 0) is 23.0 Å². The van der Waals surface area contributed by atoms with Crippen molar-refractivity contribution in [2.24, 2.45) is 0 Å². The molecular weight excluding hydrogens is 407 g/mol. The number of fused-ring (bicyclic) bond motifs is 1. The third-order valence-electron chi connectivity index (χ3n) is 5.53. The van der Waals surface area contributed by atoms with Gasteiger partial charge in [-0.05, 0) is 59.7 Å². The Balaban J connectivity index is 0.00000420. The Morgan fingerprint density at radius 1 is 0.724 bits per heavy atom. The molecule has 0 spiro atoms. The molecule has 0 amide bonds. The number of rotatable bonds is 13. The Kier molecular flexibility index (Phi) is 13.5. The number of benzene rings is 2. The Bertz CT molecular complexity index is 847. The Morgan fingerprint density at radius 3 is 1.83 bits per heavy atom. The second-order valence-corrected chi connectivity index (χ2v) is 9.26. The predicted octanol–water partition coefficient (Wildman–Crippen LogP) is 3.77. The van der Waals surface area contributed by atoms with Crippen molar-refractivity contribution in [1.29, 1.82) is 0 Å². The van der Waals surface area contributed by atoms with Crippen LogP contribution in [0.15, 0.2) is 35.2 Å². The average molecular weight is 443 g/mol. The van der Waals surface area contributed by atoms with E-state index in [1.165, 1.54) is 44.9 Å². The van der Waals surface area contributed by atoms with Crippen molar-refractivity contribution in [3.05, 3.63) is 41.5 Å². The van der Waals surface area contributed by atoms with Crippen LogP contribution in [0.1, 0.15) is 89.2 Å². The molecule has 0 saturated heterocycles. The van der Waals surface area contributed by atoms with Gasteiger partial charge in [-0.3, -0.25) is 0 Å². The molecule has 0 aliphatic rings. The standard InChI is InChI=1S/C24H36O3S.K/c1-3-5-7-9-11-14-20-16-13-17-23-21(15-12-10-8-6-4-2)18-22(19-24(20)23)28(25,26)27;/h13,16-19H,3-12,14-15H2,1-2H3,(H,25,26,27);/q;+1/p-1. The molecule has 2 aromatic carbocycles. The van der Waals surface area contributed by atoms with E-state index in [-0.39, 0.29) is 56.3 Å². The number of hydrogen-bond donors (Lipinski definition) is 0. The van der Waals surface area contributed by atoms with E-state index in [1.807, 2.05) is 0 Å². The zero-order chi connectivity index (χ0) is 20.4. The van der Waals surface area contributed by atoms with E-state index in [9.17, 15) is 13.0 Å². The van der Waals surface area contributed by atoms with Gasteiger partial charge >= 0.3 is 51.4 Å². The third kappa shape index (κ3) is 9.10. The van der Waals surface area contributed by atoms with Crippen LogP contribution in [0.2, 0.25) is 0 Å². The second kappa shape index (κ2) is 14.3. The van der Waals surface area contributed by atoms with Crippen LogP contribution in [0.3, 0.4) is 0 Å². The zero-order valence-electron chi connectivity index (χ0n) is 18.5. The van der Waals surface area contributed by atoms with Gasteiger partial charge in [-0.2, -0.15) is 0 Å². The maximum Gasteiger partial charge on any atom is 1.00 e. The molecule has 0 unspecified atom stereocenters. The summed E-state index contributed by atoms with van der Waals surface area (Å²) in [5.41, 5.74) is 2.16. The molecule has 0 saturated carbocycles. The monoisotopic (exact) mass is 442 g/mol. The summed E-state index contributed by atoms with van der Waals surface area (Å²) in [7, 11) is -4.46. The first-order chi connectivity index (χ1) is 13.5. The minimum atomic E-state index is -4.46. The second-order valence-electron chi connectivity index (χ2n) is 7.88. The summed E-state index contributed by atoms with van der Waals surface area (Å²) >= 11 is 0. The zero-order valence-corrected chi connectivity index (χ0v) is 22.4. The molecule has 2 aromatic rings. The Labute approximate surface area is 220 Å². The van der Waals surface area contributed by atoms with Crippen LogP contribution in [0.5, 0.6) is 0 Å². The van der Waals surface area contributed by atoms with Crippen molar-refractivity contribution in [3.63, 3.8) is 0 Å². The summed E-state index contributed by atoms with van der Waals surface area (Å²) in [6, 6.07) is 9.41. The summed E-state index contributed by atoms with van der Waals surface area (Å²) in [5, 5.41) is 2.05. The van der Waals surface area contributed by atoms with Crippen LogP contribution < -0.4 is 51.4 Å². The largest absolute Gasteiger partial charge is 1.00 e. The van der Waals surface area contributed by atoms with Crippen molar-refractivity contribution in [2.45, 2.75) is 95.8 Å². The molecule has 3 nitrogen and oxygen atoms in total. The van der Waals surface area contributed by atoms with E-state index in [1.54, 1.807) is 12.1 Å². The summed E-state index contributed by atoms with van der Waals surface area (Å²) in [5.74, 6) is 0. The maximum absolute atomic E-state index is 11.7. The van der Waals surface area contributed by atoms with Crippen molar-refractivity contribution < 1.29 is 64.4 Å². The quantitative estimate of drug-likeness (QED) is 0.269. The van der Waals surface area contributed by atoms with Crippen LogP contribution >= 0.6 is 0 Å². The Morgan fingerprint density at radius 2 is 1.28 bits per heavy atom. The SMILES string of the molecule is CCCCCCCc1cc(S(=O)(=O)[O-])cc2c(CCCCCCC)cccc12.[K+]. The fourth-order valence-corrected chi connectivity index (χ4v) is 4.45. The summed E-state index contributed by atoms with van der Waals surface area (Å²) < 4.78 is 35.2. The maximum atomic E-state index is 11.7. The van der Waals surface area contributed by atoms with Crippen molar-refractivity contribution >= 4 is 20.9 Å². The Hall–Kier alpha value is 0.246. The minimum Gasteiger partial charge on any atom is -0.744 e. The molecule has 0 aliphatic carbocycles. The van der Waals surface area contributed by atoms with Crippen LogP contribution in [0, 0.1) is 0 Å². The predicted molar refractivity (Wildman–Crippen MR) is 117 cm³/mol. The van der Waals surface area contributed by atoms with Gasteiger partial charge in [0.15, 0.2) is 0 Å². The molecule has 0 fully saturated rings. The average Bonchev–Trinajstić information content (AvgIpc) is 2.67. The fraction of sp³-hybridized carbons (Fsp3) is 0.583. The molecule has 0 aliphatic heterocycles. The first-order valence-corrected chi connectivity index (χ1v) is 12.4. The molecule has 0 N–H and O–H groups in total. The van der Waals surface area contributed by atoms with E-state index in [4.69, 9.17) is 0 Å². The molecule has 2 rings (SSSR count). The van der Waals surface area contributed by atoms with E-state index in [2.05, 4.69) is 32.0 Å². The molecule has 29 heavy (non-hydrogen) atoms. The van der Waals surface area contributed by atoms with Crippen LogP contribution in [0.25, 0.3) is 10.8 Å². The van der Waals surface area contributed by atoms with Gasteiger partial charge in [0, 0.05) is 0 Å². The topological polar surface area (TPSA) is 57.2 Å². The van der Waals surface area contributed by atoms with Gasteiger partial charge in [0.25, 0.3) is 0 Å². The molecule has 0 radical (unpaired) electrons. The summed E-state index contributed by atoms with van der Waals surface area (Å²) in [4.78, 5) is -0.0815. The first-order valence-electron chi connectivity index (χ1n) is 11.0. The molecule has 156 valence electrons. The van der Waals surface area contributed by atoms with E-state index in [0.29, 0.717) is 0 Å². The molecule has 0 aromatic heterocycles. The number of hydrogen-bond acceptors (Lipinski definition) is 3. The van der Waals surface area contributed by atoms with Gasteiger partial charge in [-0.25, -0.2) is 8.42 Å². The van der Waals surface area contributed by atoms with Crippen LogP contribution in [-0.4, -0.2) is 13.0 Å².